The highest BCUT2D eigenvalue weighted by Gasteiger charge is 2.44. The van der Waals surface area contributed by atoms with Gasteiger partial charge in [-0.2, -0.15) is 0 Å². The summed E-state index contributed by atoms with van der Waals surface area (Å²) in [7, 11) is 0. The predicted octanol–water partition coefficient (Wildman–Crippen LogP) is 1.56. The maximum atomic E-state index is 13.7. The van der Waals surface area contributed by atoms with Gasteiger partial charge in [-0.1, -0.05) is 43.0 Å². The molecule has 0 aromatic heterocycles. The number of likely N-dealkylation sites (tertiary alicyclic amines) is 1. The molecule has 1 unspecified atom stereocenters. The quantitative estimate of drug-likeness (QED) is 0.336. The Bertz CT molecular complexity index is 1100. The van der Waals surface area contributed by atoms with Gasteiger partial charge in [0.15, 0.2) is 11.5 Å². The number of quaternary nitrogens is 1. The zero-order chi connectivity index (χ0) is 24.9. The predicted molar refractivity (Wildman–Crippen MR) is 131 cm³/mol. The maximum absolute atomic E-state index is 13.7. The number of hydrogen-bond donors (Lipinski definition) is 1. The number of ketones is 1. The summed E-state index contributed by atoms with van der Waals surface area (Å²) in [5.41, 5.74) is 2.25. The Labute approximate surface area is 206 Å². The van der Waals surface area contributed by atoms with Gasteiger partial charge in [0, 0.05) is 18.5 Å². The highest BCUT2D eigenvalue weighted by atomic mass is 16.6. The first kappa shape index (κ1) is 24.8. The van der Waals surface area contributed by atoms with Crippen LogP contribution in [0.5, 0.6) is 11.5 Å². The first-order chi connectivity index (χ1) is 17.0. The molecule has 186 valence electrons. The Balaban J connectivity index is 1.73. The molecular weight excluding hydrogens is 444 g/mol. The third-order valence-corrected chi connectivity index (χ3v) is 6.97. The van der Waals surface area contributed by atoms with Crippen LogP contribution >= 0.6 is 0 Å². The Hall–Kier alpha value is -3.32. The summed E-state index contributed by atoms with van der Waals surface area (Å²) in [6.45, 7) is 10.5. The second-order valence-corrected chi connectivity index (χ2v) is 8.99. The summed E-state index contributed by atoms with van der Waals surface area (Å²) in [5, 5.41) is 13.7. The van der Waals surface area contributed by atoms with Crippen molar-refractivity contribution in [2.24, 2.45) is 0 Å². The van der Waals surface area contributed by atoms with E-state index in [1.165, 1.54) is 4.90 Å². The van der Waals surface area contributed by atoms with E-state index in [9.17, 15) is 14.7 Å². The molecule has 1 saturated heterocycles. The Morgan fingerprint density at radius 3 is 2.34 bits per heavy atom. The Morgan fingerprint density at radius 1 is 1.00 bits per heavy atom. The number of hydrogen-bond acceptors (Lipinski definition) is 5. The molecule has 0 saturated carbocycles. The average molecular weight is 479 g/mol. The number of ether oxygens (including phenoxy) is 2. The molecule has 2 aromatic carbocycles. The number of Topliss-reactive ketones (excluding diaryl/α,β-unsaturated/α-hetero) is 1. The maximum Gasteiger partial charge on any atom is 0.295 e. The summed E-state index contributed by atoms with van der Waals surface area (Å²) >= 11 is 0. The lowest BCUT2D eigenvalue weighted by molar-refractivity contribution is -0.896. The van der Waals surface area contributed by atoms with Crippen LogP contribution < -0.4 is 19.5 Å². The molecule has 2 heterocycles. The van der Waals surface area contributed by atoms with E-state index >= 15 is 0 Å². The van der Waals surface area contributed by atoms with Crippen molar-refractivity contribution in [2.75, 3.05) is 39.4 Å². The molecule has 1 fully saturated rings. The van der Waals surface area contributed by atoms with E-state index in [2.05, 4.69) is 20.8 Å². The van der Waals surface area contributed by atoms with Crippen LogP contribution in [-0.2, 0) is 16.0 Å². The molecule has 7 nitrogen and oxygen atoms in total. The van der Waals surface area contributed by atoms with E-state index in [0.29, 0.717) is 36.8 Å². The fourth-order valence-electron chi connectivity index (χ4n) is 4.83. The van der Waals surface area contributed by atoms with Gasteiger partial charge in [-0.05, 0) is 49.1 Å². The van der Waals surface area contributed by atoms with E-state index < -0.39 is 23.5 Å². The minimum Gasteiger partial charge on any atom is -0.872 e. The lowest BCUT2D eigenvalue weighted by Gasteiger charge is -2.28. The molecule has 1 atom stereocenters. The van der Waals surface area contributed by atoms with E-state index in [4.69, 9.17) is 9.47 Å². The fraction of sp³-hybridized carbons (Fsp3) is 0.429. The van der Waals surface area contributed by atoms with Crippen LogP contribution in [0.4, 0.5) is 0 Å². The topological polar surface area (TPSA) is 83.3 Å². The number of carbonyl (C=O) groups excluding carboxylic acids is 2. The van der Waals surface area contributed by atoms with Crippen molar-refractivity contribution in [1.82, 2.24) is 4.90 Å². The van der Waals surface area contributed by atoms with Gasteiger partial charge < -0.3 is 24.4 Å². The van der Waals surface area contributed by atoms with Gasteiger partial charge in [0.05, 0.1) is 25.7 Å². The zero-order valence-electron chi connectivity index (χ0n) is 20.8. The van der Waals surface area contributed by atoms with Gasteiger partial charge in [-0.3, -0.25) is 9.59 Å². The number of benzene rings is 2. The lowest BCUT2D eigenvalue weighted by atomic mass is 9.94. The van der Waals surface area contributed by atoms with Gasteiger partial charge in [0.1, 0.15) is 13.2 Å². The molecule has 35 heavy (non-hydrogen) atoms. The molecule has 1 N–H and O–H groups in total. The molecular formula is C28H34N2O5. The van der Waals surface area contributed by atoms with Crippen molar-refractivity contribution in [2.45, 2.75) is 39.7 Å². The van der Waals surface area contributed by atoms with Crippen LogP contribution in [0.2, 0.25) is 0 Å². The number of fused-ring (bicyclic) bond motifs is 1. The summed E-state index contributed by atoms with van der Waals surface area (Å²) in [5.74, 6) is -0.724. The zero-order valence-corrected chi connectivity index (χ0v) is 20.8. The third kappa shape index (κ3) is 5.05. The largest absolute Gasteiger partial charge is 0.872 e. The monoisotopic (exact) mass is 478 g/mol. The summed E-state index contributed by atoms with van der Waals surface area (Å²) < 4.78 is 11.2. The molecule has 0 aliphatic carbocycles. The third-order valence-electron chi connectivity index (χ3n) is 6.97. The van der Waals surface area contributed by atoms with Crippen molar-refractivity contribution in [3.05, 3.63) is 64.7 Å². The Kier molecular flexibility index (Phi) is 7.76. The number of rotatable bonds is 9. The van der Waals surface area contributed by atoms with E-state index in [-0.39, 0.29) is 5.57 Å². The van der Waals surface area contributed by atoms with Gasteiger partial charge in [-0.25, -0.2) is 0 Å². The van der Waals surface area contributed by atoms with Crippen LogP contribution in [0.25, 0.3) is 5.76 Å². The van der Waals surface area contributed by atoms with Crippen LogP contribution in [-0.4, -0.2) is 56.0 Å². The summed E-state index contributed by atoms with van der Waals surface area (Å²) in [6.07, 6.45) is 1.64. The lowest BCUT2D eigenvalue weighted by Crippen LogP contribution is -3.11. The first-order valence-electron chi connectivity index (χ1n) is 12.6. The van der Waals surface area contributed by atoms with Gasteiger partial charge in [0.25, 0.3) is 5.91 Å². The minimum atomic E-state index is -0.718. The highest BCUT2D eigenvalue weighted by Crippen LogP contribution is 2.40. The van der Waals surface area contributed by atoms with Crippen molar-refractivity contribution in [1.29, 1.82) is 0 Å². The second kappa shape index (κ2) is 11.0. The van der Waals surface area contributed by atoms with Crippen molar-refractivity contribution in [3.63, 3.8) is 0 Å². The standard InChI is InChI=1S/C28H34N2O5/c1-4-19-8-10-20(11-9-19)25-24(26(31)21-12-13-22-23(18-21)35-17-16-34-22)27(32)28(33)30(25)15-7-14-29(5-2)6-3/h8-13,18,25,31H,4-7,14-17H2,1-3H3/b26-24+. The average Bonchev–Trinajstić information content (AvgIpc) is 3.15. The van der Waals surface area contributed by atoms with E-state index in [0.717, 1.165) is 43.6 Å². The number of carbonyl (C=O) groups is 2. The summed E-state index contributed by atoms with van der Waals surface area (Å²) in [6, 6.07) is 12.0. The van der Waals surface area contributed by atoms with Gasteiger partial charge in [0.2, 0.25) is 5.78 Å². The normalized spacial score (nSPS) is 19.0. The molecule has 0 spiro atoms. The van der Waals surface area contributed by atoms with Gasteiger partial charge >= 0.3 is 0 Å². The Morgan fingerprint density at radius 2 is 1.69 bits per heavy atom. The smallest absolute Gasteiger partial charge is 0.295 e. The molecule has 0 bridgehead atoms. The number of amides is 1. The van der Waals surface area contributed by atoms with Crippen LogP contribution in [0.15, 0.2) is 48.0 Å². The minimum absolute atomic E-state index is 0.00566. The molecule has 4 rings (SSSR count). The SMILES string of the molecule is CCc1ccc(C2/C(=C(\[O-])c3ccc4c(c3)OCCO4)C(=O)C(=O)N2CCC[NH+](CC)CC)cc1. The number of nitrogens with zero attached hydrogens (tertiary/aromatic N) is 1. The van der Waals surface area contributed by atoms with Crippen LogP contribution in [0.1, 0.15) is 49.9 Å². The number of aryl methyl sites for hydroxylation is 1. The van der Waals surface area contributed by atoms with E-state index in [1.54, 1.807) is 23.1 Å². The first-order valence-corrected chi connectivity index (χ1v) is 12.6. The molecule has 2 aliphatic rings. The van der Waals surface area contributed by atoms with Crippen molar-refractivity contribution in [3.8, 4) is 11.5 Å². The molecule has 0 radical (unpaired) electrons. The second-order valence-electron chi connectivity index (χ2n) is 8.99. The molecule has 7 heteroatoms. The number of nitrogens with one attached hydrogen (secondary N) is 1. The van der Waals surface area contributed by atoms with Crippen molar-refractivity contribution < 1.29 is 29.1 Å². The molecule has 2 aliphatic heterocycles. The summed E-state index contributed by atoms with van der Waals surface area (Å²) in [4.78, 5) is 29.4. The molecule has 1 amide bonds. The van der Waals surface area contributed by atoms with Crippen molar-refractivity contribution >= 4 is 17.4 Å². The highest BCUT2D eigenvalue weighted by molar-refractivity contribution is 6.46. The van der Waals surface area contributed by atoms with Crippen LogP contribution in [0.3, 0.4) is 0 Å². The molecule has 2 aromatic rings. The van der Waals surface area contributed by atoms with E-state index in [1.807, 2.05) is 24.3 Å². The van der Waals surface area contributed by atoms with Gasteiger partial charge in [-0.15, -0.1) is 0 Å². The fourth-order valence-corrected chi connectivity index (χ4v) is 4.83. The van der Waals surface area contributed by atoms with Crippen LogP contribution in [0, 0.1) is 0 Å².